The fraction of sp³-hybridized carbons (Fsp3) is 0.533. The molecular formula is C15H22ClN3O. The molecule has 1 aliphatic heterocycles. The number of hydrogen-bond donors (Lipinski definition) is 1. The number of guanidine groups is 1. The summed E-state index contributed by atoms with van der Waals surface area (Å²) < 4.78 is 5.23. The normalized spacial score (nSPS) is 19.4. The molecule has 1 atom stereocenters. The van der Waals surface area contributed by atoms with Gasteiger partial charge in [-0.15, -0.1) is 0 Å². The highest BCUT2D eigenvalue weighted by molar-refractivity contribution is 6.31. The number of nitrogens with one attached hydrogen (secondary N) is 1. The van der Waals surface area contributed by atoms with Gasteiger partial charge in [-0.1, -0.05) is 29.8 Å². The molecule has 0 bridgehead atoms. The maximum atomic E-state index is 6.16. The summed E-state index contributed by atoms with van der Waals surface area (Å²) >= 11 is 6.16. The van der Waals surface area contributed by atoms with Gasteiger partial charge in [0.2, 0.25) is 0 Å². The van der Waals surface area contributed by atoms with Crippen molar-refractivity contribution in [1.29, 1.82) is 0 Å². The van der Waals surface area contributed by atoms with Gasteiger partial charge in [0.25, 0.3) is 0 Å². The number of hydrogen-bond acceptors (Lipinski definition) is 2. The number of nitrogens with zero attached hydrogens (tertiary/aromatic N) is 2. The Morgan fingerprint density at radius 1 is 1.50 bits per heavy atom. The Labute approximate surface area is 125 Å². The zero-order chi connectivity index (χ0) is 14.4. The van der Waals surface area contributed by atoms with Crippen LogP contribution in [0.3, 0.4) is 0 Å². The molecule has 0 radical (unpaired) electrons. The second kappa shape index (κ2) is 7.50. The molecule has 1 heterocycles. The lowest BCUT2D eigenvalue weighted by Gasteiger charge is -2.22. The lowest BCUT2D eigenvalue weighted by Crippen LogP contribution is -2.39. The van der Waals surface area contributed by atoms with Crippen LogP contribution in [-0.4, -0.2) is 44.7 Å². The highest BCUT2D eigenvalue weighted by Gasteiger charge is 2.24. The summed E-state index contributed by atoms with van der Waals surface area (Å²) in [6, 6.07) is 7.87. The smallest absolute Gasteiger partial charge is 0.193 e. The van der Waals surface area contributed by atoms with E-state index in [0.29, 0.717) is 12.5 Å². The summed E-state index contributed by atoms with van der Waals surface area (Å²) in [5.41, 5.74) is 1.09. The van der Waals surface area contributed by atoms with Gasteiger partial charge in [0.05, 0.1) is 6.61 Å². The number of aliphatic imine (C=N–C) groups is 1. The van der Waals surface area contributed by atoms with Gasteiger partial charge in [0.15, 0.2) is 5.96 Å². The number of rotatable bonds is 4. The SMILES string of the molecule is CN=C(NCc1ccccc1Cl)N1CCC(COC)C1. The van der Waals surface area contributed by atoms with Crippen LogP contribution in [0.2, 0.25) is 5.02 Å². The molecule has 1 aromatic rings. The van der Waals surface area contributed by atoms with Crippen molar-refractivity contribution < 1.29 is 4.74 Å². The van der Waals surface area contributed by atoms with Gasteiger partial charge in [-0.25, -0.2) is 0 Å². The van der Waals surface area contributed by atoms with Gasteiger partial charge in [-0.05, 0) is 18.1 Å². The summed E-state index contributed by atoms with van der Waals surface area (Å²) in [5.74, 6) is 1.53. The molecular weight excluding hydrogens is 274 g/mol. The van der Waals surface area contributed by atoms with Crippen molar-refractivity contribution in [2.24, 2.45) is 10.9 Å². The monoisotopic (exact) mass is 295 g/mol. The third-order valence-corrected chi connectivity index (χ3v) is 3.96. The lowest BCUT2D eigenvalue weighted by molar-refractivity contribution is 0.157. The first-order valence-corrected chi connectivity index (χ1v) is 7.30. The number of halogens is 1. The van der Waals surface area contributed by atoms with Crippen LogP contribution >= 0.6 is 11.6 Å². The molecule has 5 heteroatoms. The number of likely N-dealkylation sites (tertiary alicyclic amines) is 1. The van der Waals surface area contributed by atoms with Crippen molar-refractivity contribution in [3.8, 4) is 0 Å². The quantitative estimate of drug-likeness (QED) is 0.684. The van der Waals surface area contributed by atoms with E-state index in [1.54, 1.807) is 7.11 Å². The Kier molecular flexibility index (Phi) is 5.68. The van der Waals surface area contributed by atoms with E-state index in [-0.39, 0.29) is 0 Å². The summed E-state index contributed by atoms with van der Waals surface area (Å²) in [5, 5.41) is 4.17. The Balaban J connectivity index is 1.89. The lowest BCUT2D eigenvalue weighted by atomic mass is 10.1. The average molecular weight is 296 g/mol. The third-order valence-electron chi connectivity index (χ3n) is 3.59. The number of ether oxygens (including phenoxy) is 1. The van der Waals surface area contributed by atoms with Crippen LogP contribution < -0.4 is 5.32 Å². The second-order valence-electron chi connectivity index (χ2n) is 5.05. The first-order valence-electron chi connectivity index (χ1n) is 6.92. The van der Waals surface area contributed by atoms with Gasteiger partial charge in [0, 0.05) is 44.7 Å². The molecule has 20 heavy (non-hydrogen) atoms. The number of methoxy groups -OCH3 is 1. The minimum absolute atomic E-state index is 0.596. The van der Waals surface area contributed by atoms with Crippen LogP contribution in [0.4, 0.5) is 0 Å². The van der Waals surface area contributed by atoms with Gasteiger partial charge >= 0.3 is 0 Å². The molecule has 0 aliphatic carbocycles. The largest absolute Gasteiger partial charge is 0.384 e. The average Bonchev–Trinajstić information content (AvgIpc) is 2.90. The molecule has 1 N–H and O–H groups in total. The molecule has 1 unspecified atom stereocenters. The van der Waals surface area contributed by atoms with E-state index in [2.05, 4.69) is 15.2 Å². The molecule has 0 saturated carbocycles. The minimum Gasteiger partial charge on any atom is -0.384 e. The molecule has 1 fully saturated rings. The van der Waals surface area contributed by atoms with E-state index in [0.717, 1.165) is 42.7 Å². The Morgan fingerprint density at radius 2 is 2.30 bits per heavy atom. The standard InChI is InChI=1S/C15H22ClN3O/c1-17-15(19-8-7-12(10-19)11-20-2)18-9-13-5-3-4-6-14(13)16/h3-6,12H,7-11H2,1-2H3,(H,17,18). The second-order valence-corrected chi connectivity index (χ2v) is 5.46. The van der Waals surface area contributed by atoms with E-state index < -0.39 is 0 Å². The van der Waals surface area contributed by atoms with Gasteiger partial charge in [0.1, 0.15) is 0 Å². The van der Waals surface area contributed by atoms with Crippen molar-refractivity contribution in [1.82, 2.24) is 10.2 Å². The summed E-state index contributed by atoms with van der Waals surface area (Å²) in [6.45, 7) is 3.53. The molecule has 4 nitrogen and oxygen atoms in total. The molecule has 0 spiro atoms. The molecule has 0 aromatic heterocycles. The molecule has 0 amide bonds. The molecule has 1 saturated heterocycles. The maximum Gasteiger partial charge on any atom is 0.193 e. The van der Waals surface area contributed by atoms with Crippen LogP contribution in [0.1, 0.15) is 12.0 Å². The highest BCUT2D eigenvalue weighted by atomic mass is 35.5. The van der Waals surface area contributed by atoms with Crippen LogP contribution in [0.5, 0.6) is 0 Å². The van der Waals surface area contributed by atoms with Crippen LogP contribution in [0, 0.1) is 5.92 Å². The first-order chi connectivity index (χ1) is 9.74. The van der Waals surface area contributed by atoms with E-state index >= 15 is 0 Å². The van der Waals surface area contributed by atoms with E-state index in [9.17, 15) is 0 Å². The molecule has 1 aromatic carbocycles. The number of benzene rings is 1. The summed E-state index contributed by atoms with van der Waals surface area (Å²) in [4.78, 5) is 6.64. The van der Waals surface area contributed by atoms with Crippen molar-refractivity contribution >= 4 is 17.6 Å². The van der Waals surface area contributed by atoms with Gasteiger partial charge in [-0.2, -0.15) is 0 Å². The predicted molar refractivity (Wildman–Crippen MR) is 83.2 cm³/mol. The van der Waals surface area contributed by atoms with Crippen molar-refractivity contribution in [2.75, 3.05) is 33.9 Å². The van der Waals surface area contributed by atoms with E-state index in [4.69, 9.17) is 16.3 Å². The fourth-order valence-corrected chi connectivity index (χ4v) is 2.75. The Bertz CT molecular complexity index is 464. The topological polar surface area (TPSA) is 36.9 Å². The summed E-state index contributed by atoms with van der Waals surface area (Å²) in [7, 11) is 3.58. The van der Waals surface area contributed by atoms with Crippen LogP contribution in [-0.2, 0) is 11.3 Å². The van der Waals surface area contributed by atoms with Crippen molar-refractivity contribution in [3.05, 3.63) is 34.9 Å². The van der Waals surface area contributed by atoms with Gasteiger partial charge in [-0.3, -0.25) is 4.99 Å². The summed E-state index contributed by atoms with van der Waals surface area (Å²) in [6.07, 6.45) is 1.15. The zero-order valence-corrected chi connectivity index (χ0v) is 12.9. The molecule has 2 rings (SSSR count). The van der Waals surface area contributed by atoms with E-state index in [1.165, 1.54) is 0 Å². The van der Waals surface area contributed by atoms with Crippen LogP contribution in [0.15, 0.2) is 29.3 Å². The minimum atomic E-state index is 0.596. The van der Waals surface area contributed by atoms with E-state index in [1.807, 2.05) is 31.3 Å². The molecule has 110 valence electrons. The maximum absolute atomic E-state index is 6.16. The fourth-order valence-electron chi connectivity index (χ4n) is 2.55. The highest BCUT2D eigenvalue weighted by Crippen LogP contribution is 2.17. The Hall–Kier alpha value is -1.26. The van der Waals surface area contributed by atoms with Crippen molar-refractivity contribution in [3.63, 3.8) is 0 Å². The predicted octanol–water partition coefficient (Wildman–Crippen LogP) is 2.38. The third kappa shape index (κ3) is 3.87. The van der Waals surface area contributed by atoms with Gasteiger partial charge < -0.3 is 15.0 Å². The van der Waals surface area contributed by atoms with Crippen molar-refractivity contribution in [2.45, 2.75) is 13.0 Å². The molecule has 1 aliphatic rings. The Morgan fingerprint density at radius 3 is 3.00 bits per heavy atom. The zero-order valence-electron chi connectivity index (χ0n) is 12.1. The van der Waals surface area contributed by atoms with Crippen LogP contribution in [0.25, 0.3) is 0 Å². The first kappa shape index (κ1) is 15.1.